The second-order valence-electron chi connectivity index (χ2n) is 4.36. The molecule has 5 heteroatoms. The van der Waals surface area contributed by atoms with E-state index in [0.717, 1.165) is 21.3 Å². The van der Waals surface area contributed by atoms with Crippen molar-refractivity contribution in [2.45, 2.75) is 6.42 Å². The van der Waals surface area contributed by atoms with Crippen molar-refractivity contribution in [2.24, 2.45) is 0 Å². The molecule has 0 bridgehead atoms. The number of carbonyl (C=O) groups is 1. The SMILES string of the molecule is O=C(O)c1cc(F)ccc1Cc1nc2ccccc2s1. The highest BCUT2D eigenvalue weighted by Crippen LogP contribution is 2.25. The number of carboxylic acids is 1. The van der Waals surface area contributed by atoms with E-state index in [-0.39, 0.29) is 5.56 Å². The molecule has 0 fully saturated rings. The maximum Gasteiger partial charge on any atom is 0.336 e. The van der Waals surface area contributed by atoms with E-state index in [4.69, 9.17) is 5.11 Å². The van der Waals surface area contributed by atoms with Crippen molar-refractivity contribution in [1.82, 2.24) is 4.98 Å². The smallest absolute Gasteiger partial charge is 0.336 e. The van der Waals surface area contributed by atoms with Gasteiger partial charge >= 0.3 is 5.97 Å². The predicted molar refractivity (Wildman–Crippen MR) is 75.8 cm³/mol. The van der Waals surface area contributed by atoms with Gasteiger partial charge in [0.2, 0.25) is 0 Å². The lowest BCUT2D eigenvalue weighted by atomic mass is 10.0. The zero-order valence-electron chi connectivity index (χ0n) is 10.3. The molecule has 0 unspecified atom stereocenters. The molecule has 3 rings (SSSR count). The van der Waals surface area contributed by atoms with Crippen molar-refractivity contribution in [3.05, 3.63) is 64.4 Å². The van der Waals surface area contributed by atoms with Gasteiger partial charge in [-0.3, -0.25) is 0 Å². The normalized spacial score (nSPS) is 10.8. The zero-order chi connectivity index (χ0) is 14.1. The Balaban J connectivity index is 2.00. The summed E-state index contributed by atoms with van der Waals surface area (Å²) in [5.74, 6) is -1.67. The minimum absolute atomic E-state index is 0.00995. The van der Waals surface area contributed by atoms with Gasteiger partial charge in [-0.1, -0.05) is 18.2 Å². The van der Waals surface area contributed by atoms with Gasteiger partial charge in [-0.2, -0.15) is 0 Å². The van der Waals surface area contributed by atoms with Crippen LogP contribution in [-0.4, -0.2) is 16.1 Å². The molecular weight excluding hydrogens is 277 g/mol. The van der Waals surface area contributed by atoms with Crippen LogP contribution >= 0.6 is 11.3 Å². The average Bonchev–Trinajstić information content (AvgIpc) is 2.82. The predicted octanol–water partition coefficient (Wildman–Crippen LogP) is 3.72. The molecule has 0 radical (unpaired) electrons. The lowest BCUT2D eigenvalue weighted by Crippen LogP contribution is -2.03. The first-order valence-electron chi connectivity index (χ1n) is 5.99. The van der Waals surface area contributed by atoms with Crippen molar-refractivity contribution in [3.63, 3.8) is 0 Å². The molecule has 0 saturated heterocycles. The maximum absolute atomic E-state index is 13.1. The number of para-hydroxylation sites is 1. The molecule has 0 aliphatic rings. The van der Waals surface area contributed by atoms with Crippen molar-refractivity contribution >= 4 is 27.5 Å². The highest BCUT2D eigenvalue weighted by molar-refractivity contribution is 7.18. The van der Waals surface area contributed by atoms with Gasteiger partial charge in [-0.05, 0) is 29.8 Å². The number of halogens is 1. The third-order valence-electron chi connectivity index (χ3n) is 2.98. The molecule has 0 saturated carbocycles. The van der Waals surface area contributed by atoms with Crippen LogP contribution in [-0.2, 0) is 6.42 Å². The minimum atomic E-state index is -1.12. The Bertz CT molecular complexity index is 764. The molecule has 2 aromatic carbocycles. The summed E-state index contributed by atoms with van der Waals surface area (Å²) in [6, 6.07) is 11.6. The molecule has 0 aliphatic heterocycles. The second kappa shape index (κ2) is 5.02. The Morgan fingerprint density at radius 3 is 2.80 bits per heavy atom. The summed E-state index contributed by atoms with van der Waals surface area (Å²) >= 11 is 1.52. The Hall–Kier alpha value is -2.27. The fourth-order valence-corrected chi connectivity index (χ4v) is 3.05. The fourth-order valence-electron chi connectivity index (χ4n) is 2.06. The standard InChI is InChI=1S/C15H10FNO2S/c16-10-6-5-9(11(8-10)15(18)19)7-14-17-12-3-1-2-4-13(12)20-14/h1-6,8H,7H2,(H,18,19). The Kier molecular flexibility index (Phi) is 3.20. The molecule has 0 atom stereocenters. The van der Waals surface area contributed by atoms with Gasteiger partial charge in [0.25, 0.3) is 0 Å². The fraction of sp³-hybridized carbons (Fsp3) is 0.0667. The van der Waals surface area contributed by atoms with E-state index in [9.17, 15) is 9.18 Å². The van der Waals surface area contributed by atoms with E-state index >= 15 is 0 Å². The number of fused-ring (bicyclic) bond motifs is 1. The third-order valence-corrected chi connectivity index (χ3v) is 4.02. The van der Waals surface area contributed by atoms with Crippen molar-refractivity contribution in [1.29, 1.82) is 0 Å². The molecule has 1 N–H and O–H groups in total. The number of nitrogens with zero attached hydrogens (tertiary/aromatic N) is 1. The number of thiazole rings is 1. The average molecular weight is 287 g/mol. The van der Waals surface area contributed by atoms with Crippen molar-refractivity contribution in [2.75, 3.05) is 0 Å². The second-order valence-corrected chi connectivity index (χ2v) is 5.47. The van der Waals surface area contributed by atoms with Crippen LogP contribution in [0.15, 0.2) is 42.5 Å². The Morgan fingerprint density at radius 2 is 2.05 bits per heavy atom. The first-order chi connectivity index (χ1) is 9.63. The van der Waals surface area contributed by atoms with Crippen LogP contribution in [0.4, 0.5) is 4.39 Å². The number of hydrogen-bond acceptors (Lipinski definition) is 3. The zero-order valence-corrected chi connectivity index (χ0v) is 11.2. The summed E-state index contributed by atoms with van der Waals surface area (Å²) < 4.78 is 14.2. The lowest BCUT2D eigenvalue weighted by Gasteiger charge is -2.04. The van der Waals surface area contributed by atoms with Crippen LogP contribution in [0.2, 0.25) is 0 Å². The third kappa shape index (κ3) is 2.40. The van der Waals surface area contributed by atoms with E-state index < -0.39 is 11.8 Å². The summed E-state index contributed by atoms with van der Waals surface area (Å²) in [6.45, 7) is 0. The highest BCUT2D eigenvalue weighted by atomic mass is 32.1. The van der Waals surface area contributed by atoms with E-state index in [0.29, 0.717) is 12.0 Å². The van der Waals surface area contributed by atoms with Gasteiger partial charge < -0.3 is 5.11 Å². The number of carboxylic acid groups (broad SMARTS) is 1. The molecule has 0 aliphatic carbocycles. The summed E-state index contributed by atoms with van der Waals surface area (Å²) in [7, 11) is 0. The molecule has 3 nitrogen and oxygen atoms in total. The van der Waals surface area contributed by atoms with Crippen LogP contribution < -0.4 is 0 Å². The lowest BCUT2D eigenvalue weighted by molar-refractivity contribution is 0.0695. The Morgan fingerprint density at radius 1 is 1.25 bits per heavy atom. The highest BCUT2D eigenvalue weighted by Gasteiger charge is 2.13. The van der Waals surface area contributed by atoms with Crippen LogP contribution in [0.1, 0.15) is 20.9 Å². The first kappa shape index (κ1) is 12.7. The molecule has 0 amide bonds. The van der Waals surface area contributed by atoms with E-state index in [1.807, 2.05) is 24.3 Å². The molecule has 0 spiro atoms. The molecule has 1 heterocycles. The molecule has 100 valence electrons. The van der Waals surface area contributed by atoms with E-state index in [2.05, 4.69) is 4.98 Å². The first-order valence-corrected chi connectivity index (χ1v) is 6.81. The van der Waals surface area contributed by atoms with Crippen LogP contribution in [0.25, 0.3) is 10.2 Å². The summed E-state index contributed by atoms with van der Waals surface area (Å²) in [4.78, 5) is 15.6. The summed E-state index contributed by atoms with van der Waals surface area (Å²) in [5.41, 5.74) is 1.45. The van der Waals surface area contributed by atoms with Gasteiger partial charge in [0.15, 0.2) is 0 Å². The van der Waals surface area contributed by atoms with Gasteiger partial charge in [0, 0.05) is 6.42 Å². The van der Waals surface area contributed by atoms with Gasteiger partial charge in [0.05, 0.1) is 20.8 Å². The van der Waals surface area contributed by atoms with Crippen LogP contribution in [0, 0.1) is 5.82 Å². The van der Waals surface area contributed by atoms with Gasteiger partial charge in [0.1, 0.15) is 5.82 Å². The number of aromatic nitrogens is 1. The molecule has 20 heavy (non-hydrogen) atoms. The number of hydrogen-bond donors (Lipinski definition) is 1. The van der Waals surface area contributed by atoms with Gasteiger partial charge in [-0.15, -0.1) is 11.3 Å². The largest absolute Gasteiger partial charge is 0.478 e. The van der Waals surface area contributed by atoms with E-state index in [1.165, 1.54) is 23.5 Å². The summed E-state index contributed by atoms with van der Waals surface area (Å²) in [5, 5.41) is 9.94. The van der Waals surface area contributed by atoms with E-state index in [1.54, 1.807) is 0 Å². The molecular formula is C15H10FNO2S. The quantitative estimate of drug-likeness (QED) is 0.798. The summed E-state index contributed by atoms with van der Waals surface area (Å²) in [6.07, 6.45) is 0.390. The Labute approximate surface area is 118 Å². The van der Waals surface area contributed by atoms with Crippen molar-refractivity contribution < 1.29 is 14.3 Å². The number of benzene rings is 2. The maximum atomic E-state index is 13.1. The minimum Gasteiger partial charge on any atom is -0.478 e. The van der Waals surface area contributed by atoms with Crippen LogP contribution in [0.5, 0.6) is 0 Å². The van der Waals surface area contributed by atoms with Crippen LogP contribution in [0.3, 0.4) is 0 Å². The topological polar surface area (TPSA) is 50.2 Å². The number of rotatable bonds is 3. The van der Waals surface area contributed by atoms with Crippen molar-refractivity contribution in [3.8, 4) is 0 Å². The van der Waals surface area contributed by atoms with Gasteiger partial charge in [-0.25, -0.2) is 14.2 Å². The monoisotopic (exact) mass is 287 g/mol. The number of aromatic carboxylic acids is 1. The molecule has 3 aromatic rings. The molecule has 1 aromatic heterocycles.